The molecule has 2 N–H and O–H groups in total. The molecule has 520 valence electrons. The van der Waals surface area contributed by atoms with Crippen molar-refractivity contribution in [3.63, 3.8) is 0 Å². The molecule has 2 spiro atoms. The number of halogens is 1. The molecular weight excluding hydrogens is 1290 g/mol. The molecule has 0 bridgehead atoms. The van der Waals surface area contributed by atoms with Gasteiger partial charge in [-0.25, -0.2) is 14.4 Å². The number of aromatic nitrogens is 10. The van der Waals surface area contributed by atoms with E-state index < -0.39 is 0 Å². The van der Waals surface area contributed by atoms with E-state index in [1.165, 1.54) is 148 Å². The molecule has 9 aliphatic rings. The third-order valence-electron chi connectivity index (χ3n) is 24.7. The fourth-order valence-electron chi connectivity index (χ4n) is 18.6. The molecule has 7 aliphatic heterocycles. The van der Waals surface area contributed by atoms with Crippen LogP contribution < -0.4 is 20.4 Å². The number of hydrogen-bond acceptors (Lipinski definition) is 11. The van der Waals surface area contributed by atoms with E-state index in [0.29, 0.717) is 28.5 Å². The van der Waals surface area contributed by atoms with Gasteiger partial charge in [-0.05, 0) is 212 Å². The second-order valence-corrected chi connectivity index (χ2v) is 31.5. The van der Waals surface area contributed by atoms with E-state index in [0.717, 1.165) is 131 Å². The predicted molar refractivity (Wildman–Crippen MR) is 407 cm³/mol. The summed E-state index contributed by atoms with van der Waals surface area (Å²) in [5, 5.41) is 26.9. The molecular formula is C86H84FN17. The first-order valence-corrected chi connectivity index (χ1v) is 37.3. The first-order valence-electron chi connectivity index (χ1n) is 37.3. The van der Waals surface area contributed by atoms with Gasteiger partial charge < -0.3 is 34.1 Å². The molecule has 18 heteroatoms. The minimum atomic E-state index is -0.210. The largest absolute Gasteiger partial charge is 0.371 e. The zero-order chi connectivity index (χ0) is 70.0. The van der Waals surface area contributed by atoms with Crippen molar-refractivity contribution in [2.45, 2.75) is 104 Å². The second kappa shape index (κ2) is 25.1. The van der Waals surface area contributed by atoms with E-state index in [2.05, 4.69) is 181 Å². The van der Waals surface area contributed by atoms with Gasteiger partial charge in [0.2, 0.25) is 0 Å². The summed E-state index contributed by atoms with van der Waals surface area (Å²) in [6.07, 6.45) is 27.9. The Kier molecular flexibility index (Phi) is 15.4. The number of nitrogens with two attached hydrogens (primary N) is 1. The van der Waals surface area contributed by atoms with Crippen LogP contribution >= 0.6 is 0 Å². The van der Waals surface area contributed by atoms with E-state index in [-0.39, 0.29) is 11.2 Å². The predicted octanol–water partition coefficient (Wildman–Crippen LogP) is 15.7. The Labute approximate surface area is 606 Å². The van der Waals surface area contributed by atoms with Crippen molar-refractivity contribution in [3.05, 3.63) is 228 Å². The summed E-state index contributed by atoms with van der Waals surface area (Å²) in [6, 6.07) is 54.8. The number of aryl methyl sites for hydroxylation is 1. The van der Waals surface area contributed by atoms with Crippen LogP contribution in [-0.4, -0.2) is 117 Å². The molecule has 0 radical (unpaired) electrons. The van der Waals surface area contributed by atoms with Gasteiger partial charge in [-0.3, -0.25) is 18.6 Å². The van der Waals surface area contributed by atoms with Gasteiger partial charge >= 0.3 is 0 Å². The molecule has 12 aromatic rings. The Balaban J connectivity index is 0.000000108. The number of nitriles is 2. The van der Waals surface area contributed by atoms with E-state index in [4.69, 9.17) is 26.2 Å². The molecule has 0 amide bonds. The van der Waals surface area contributed by atoms with Crippen LogP contribution in [0.3, 0.4) is 0 Å². The quantitative estimate of drug-likeness (QED) is 0.154. The molecule has 17 nitrogen and oxygen atoms in total. The number of hydrogen-bond donors (Lipinski definition) is 1. The number of anilines is 3. The maximum Gasteiger partial charge on any atom is 0.185 e. The number of imidazole rings is 2. The second-order valence-electron chi connectivity index (χ2n) is 31.5. The van der Waals surface area contributed by atoms with Crippen LogP contribution in [0.1, 0.15) is 105 Å². The highest BCUT2D eigenvalue weighted by molar-refractivity contribution is 5.76. The molecule has 2 saturated carbocycles. The van der Waals surface area contributed by atoms with Crippen molar-refractivity contribution in [1.82, 2.24) is 52.5 Å². The zero-order valence-corrected chi connectivity index (χ0v) is 59.1. The molecule has 13 heterocycles. The van der Waals surface area contributed by atoms with Crippen molar-refractivity contribution in [2.24, 2.45) is 22.0 Å². The van der Waals surface area contributed by atoms with Crippen molar-refractivity contribution in [1.29, 1.82) is 10.5 Å². The van der Waals surface area contributed by atoms with E-state index in [1.807, 2.05) is 73.1 Å². The molecule has 1 unspecified atom stereocenters. The van der Waals surface area contributed by atoms with Crippen LogP contribution in [-0.2, 0) is 19.6 Å². The van der Waals surface area contributed by atoms with Crippen molar-refractivity contribution in [3.8, 4) is 97.1 Å². The minimum absolute atomic E-state index is 0.178. The Hall–Kier alpha value is -11.1. The molecule has 1 atom stereocenters. The van der Waals surface area contributed by atoms with Gasteiger partial charge in [0.05, 0.1) is 57.4 Å². The summed E-state index contributed by atoms with van der Waals surface area (Å²) in [7, 11) is 0. The minimum Gasteiger partial charge on any atom is -0.371 e. The number of likely N-dealkylation sites (tertiary alicyclic amines) is 1. The van der Waals surface area contributed by atoms with Crippen LogP contribution in [0.25, 0.3) is 85.0 Å². The van der Waals surface area contributed by atoms with Gasteiger partial charge in [0.25, 0.3) is 0 Å². The van der Waals surface area contributed by atoms with Crippen LogP contribution in [0, 0.1) is 51.6 Å². The van der Waals surface area contributed by atoms with Gasteiger partial charge in [-0.2, -0.15) is 10.5 Å². The summed E-state index contributed by atoms with van der Waals surface area (Å²) in [6.45, 7) is 16.8. The van der Waals surface area contributed by atoms with E-state index in [9.17, 15) is 4.39 Å². The summed E-state index contributed by atoms with van der Waals surface area (Å²) >= 11 is 0. The van der Waals surface area contributed by atoms with Gasteiger partial charge in [-0.1, -0.05) is 62.6 Å². The fraction of sp³-hybridized carbons (Fsp3) is 0.326. The number of nitrogens with zero attached hydrogens (tertiary/aromatic N) is 16. The molecule has 6 aromatic carbocycles. The summed E-state index contributed by atoms with van der Waals surface area (Å²) < 4.78 is 27.0. The molecule has 6 fully saturated rings. The fourth-order valence-corrected chi connectivity index (χ4v) is 18.6. The maximum atomic E-state index is 13.5. The lowest BCUT2D eigenvalue weighted by Crippen LogP contribution is -2.60. The number of fused-ring (bicyclic) bond motifs is 15. The topological polar surface area (TPSA) is 168 Å². The maximum absolute atomic E-state index is 13.5. The van der Waals surface area contributed by atoms with Crippen LogP contribution in [0.2, 0.25) is 0 Å². The van der Waals surface area contributed by atoms with Crippen LogP contribution in [0.4, 0.5) is 21.5 Å². The Morgan fingerprint density at radius 2 is 1.01 bits per heavy atom. The van der Waals surface area contributed by atoms with E-state index in [1.54, 1.807) is 6.33 Å². The van der Waals surface area contributed by atoms with Gasteiger partial charge in [-0.15, -0.1) is 10.2 Å². The van der Waals surface area contributed by atoms with Crippen molar-refractivity contribution in [2.75, 3.05) is 73.6 Å². The SMILES string of the molecule is CC1(CN)CCN(c2ccc3c(c2)Cn2cc(-c4ccc(C#N)cc4)cc2-c2nncn2-3)C1.Cc1cnc2n1-c1ccc(N3CCC4(CCC4)C3)cc1Cn1cc(-c3ccc(C#N)cc3)cc1-2.Fc1ccc(-c2cc3n(c2)Cc2cc(N4CCC5(C4)CN(C4CCCC4)C5)ccc2-n2ccnc2-3)cc1. The number of rotatable bonds is 8. The highest BCUT2D eigenvalue weighted by Crippen LogP contribution is 2.50. The van der Waals surface area contributed by atoms with Crippen LogP contribution in [0.15, 0.2) is 189 Å². The average molecular weight is 1370 g/mol. The van der Waals surface area contributed by atoms with Crippen LogP contribution in [0.5, 0.6) is 0 Å². The Morgan fingerprint density at radius 1 is 0.510 bits per heavy atom. The summed E-state index contributed by atoms with van der Waals surface area (Å²) in [4.78, 5) is 20.0. The monoisotopic (exact) mass is 1370 g/mol. The molecule has 104 heavy (non-hydrogen) atoms. The molecule has 2 aliphatic carbocycles. The summed E-state index contributed by atoms with van der Waals surface area (Å²) in [5.74, 6) is 2.55. The lowest BCUT2D eigenvalue weighted by Gasteiger charge is -2.51. The molecule has 21 rings (SSSR count). The average Bonchev–Trinajstić information content (AvgIpc) is 1.61. The number of benzene rings is 6. The standard InChI is InChI=1S/C31H32FN5.C29H27N5.C26H25N7/c32-25-7-5-22(6-8-25)23-16-29-30-33-12-14-37(30)28-10-9-27(15-24(28)18-35(29)17-23)34-13-11-31(19-34)20-36(21-31)26-3-1-2-4-26;1-20-16-31-28-27-14-23(22-5-3-21(15-30)4-6-22)17-33(27)18-24-13-25(7-8-26(24)34(20)28)32-12-11-29(19-32)9-2-10-29;1-26(15-28)8-9-31(16-26)22-6-7-23-21(10-22)14-32-13-20(19-4-2-18(12-27)3-5-19)11-24(32)25-30-29-17-33(23)25/h5-10,12,14-17,26H,1-4,11,13,18-21H2;3-8,13-14,16-17H,2,9-12,18-19H2,1H3;2-7,10-11,13,17H,8-9,14-16,28H2,1H3. The van der Waals surface area contributed by atoms with Crippen molar-refractivity contribution < 1.29 is 4.39 Å². The van der Waals surface area contributed by atoms with Gasteiger partial charge in [0.15, 0.2) is 17.5 Å². The first-order chi connectivity index (χ1) is 50.8. The normalized spacial score (nSPS) is 19.0. The zero-order valence-electron chi connectivity index (χ0n) is 59.1. The molecule has 4 saturated heterocycles. The highest BCUT2D eigenvalue weighted by atomic mass is 19.1. The van der Waals surface area contributed by atoms with Gasteiger partial charge in [0.1, 0.15) is 12.1 Å². The summed E-state index contributed by atoms with van der Waals surface area (Å²) in [5.41, 5.74) is 30.9. The third-order valence-corrected chi connectivity index (χ3v) is 24.7. The Bertz CT molecular complexity index is 5380. The van der Waals surface area contributed by atoms with E-state index >= 15 is 0 Å². The first kappa shape index (κ1) is 63.8. The lowest BCUT2D eigenvalue weighted by atomic mass is 9.68. The third kappa shape index (κ3) is 11.2. The smallest absolute Gasteiger partial charge is 0.185 e. The highest BCUT2D eigenvalue weighted by Gasteiger charge is 2.50. The van der Waals surface area contributed by atoms with Crippen molar-refractivity contribution >= 4 is 17.1 Å². The lowest BCUT2D eigenvalue weighted by molar-refractivity contribution is -0.0144. The molecule has 6 aromatic heterocycles. The Morgan fingerprint density at radius 3 is 1.55 bits per heavy atom. The van der Waals surface area contributed by atoms with Gasteiger partial charge in [0, 0.05) is 160 Å².